The number of carboxylic acids is 1. The first kappa shape index (κ1) is 25.7. The van der Waals surface area contributed by atoms with Gasteiger partial charge >= 0.3 is 5.97 Å². The predicted octanol–water partition coefficient (Wildman–Crippen LogP) is 5.22. The molecule has 3 aromatic rings. The van der Waals surface area contributed by atoms with Gasteiger partial charge < -0.3 is 14.7 Å². The summed E-state index contributed by atoms with van der Waals surface area (Å²) in [6.45, 7) is 2.43. The number of pyridine rings is 1. The number of nitrogens with one attached hydrogen (secondary N) is 1. The topological polar surface area (TPSA) is 108 Å². The van der Waals surface area contributed by atoms with Crippen LogP contribution in [-0.2, 0) is 0 Å². The number of rotatable bonds is 4. The fraction of sp³-hybridized carbons (Fsp3) is 0.562. The number of piperidine rings is 2. The second kappa shape index (κ2) is 9.98. The SMILES string of the molecule is CC1C[C@@H]2CC(N3[C@@H]4CCC[C@H]3CC(n3c(=O)c(-c5cc(C(=O)O)c[nH]c5=O)nc5ccccc53)C4)C[C@H](C1)C2. The molecular formula is C32H38N4O4. The number of nitrogens with zero attached hydrogens (tertiary/aromatic N) is 3. The van der Waals surface area contributed by atoms with Crippen LogP contribution in [0.1, 0.15) is 87.5 Å². The Bertz CT molecular complexity index is 1550. The van der Waals surface area contributed by atoms with Gasteiger partial charge in [0.2, 0.25) is 0 Å². The maximum Gasteiger partial charge on any atom is 0.337 e. The zero-order chi connectivity index (χ0) is 27.5. The first-order chi connectivity index (χ1) is 19.4. The average Bonchev–Trinajstić information content (AvgIpc) is 2.91. The number of H-pyrrole nitrogens is 1. The van der Waals surface area contributed by atoms with E-state index in [9.17, 15) is 19.5 Å². The van der Waals surface area contributed by atoms with Crippen LogP contribution in [0.25, 0.3) is 22.3 Å². The molecule has 7 atom stereocenters. The number of carbonyl (C=O) groups is 1. The summed E-state index contributed by atoms with van der Waals surface area (Å²) in [7, 11) is 0. The number of hydrogen-bond acceptors (Lipinski definition) is 5. The van der Waals surface area contributed by atoms with Gasteiger partial charge in [-0.25, -0.2) is 9.78 Å². The van der Waals surface area contributed by atoms with Gasteiger partial charge in [0, 0.05) is 30.4 Å². The first-order valence-corrected chi connectivity index (χ1v) is 15.1. The van der Waals surface area contributed by atoms with Gasteiger partial charge in [0.15, 0.2) is 0 Å². The fourth-order valence-electron chi connectivity index (χ4n) is 9.06. The Morgan fingerprint density at radius 2 is 1.62 bits per heavy atom. The Morgan fingerprint density at radius 1 is 0.925 bits per heavy atom. The number of benzene rings is 1. The molecule has 4 bridgehead atoms. The Balaban J connectivity index is 1.27. The third-order valence-electron chi connectivity index (χ3n) is 10.3. The van der Waals surface area contributed by atoms with Crippen molar-refractivity contribution in [1.29, 1.82) is 0 Å². The van der Waals surface area contributed by atoms with E-state index in [1.165, 1.54) is 57.4 Å². The highest BCUT2D eigenvalue weighted by atomic mass is 16.4. The van der Waals surface area contributed by atoms with E-state index >= 15 is 0 Å². The monoisotopic (exact) mass is 542 g/mol. The average molecular weight is 543 g/mol. The van der Waals surface area contributed by atoms with E-state index in [0.29, 0.717) is 23.6 Å². The van der Waals surface area contributed by atoms with Crippen molar-refractivity contribution in [2.24, 2.45) is 17.8 Å². The van der Waals surface area contributed by atoms with Crippen LogP contribution in [0.15, 0.2) is 46.1 Å². The lowest BCUT2D eigenvalue weighted by molar-refractivity contribution is -0.0524. The summed E-state index contributed by atoms with van der Waals surface area (Å²) in [6.07, 6.45) is 13.4. The molecule has 2 saturated heterocycles. The van der Waals surface area contributed by atoms with Crippen molar-refractivity contribution in [1.82, 2.24) is 19.4 Å². The second-order valence-corrected chi connectivity index (χ2v) is 13.0. The summed E-state index contributed by atoms with van der Waals surface area (Å²) in [6, 6.07) is 10.5. The fourth-order valence-corrected chi connectivity index (χ4v) is 9.06. The molecule has 1 aromatic carbocycles. The molecule has 2 aliphatic carbocycles. The number of carboxylic acid groups (broad SMARTS) is 1. The first-order valence-electron chi connectivity index (χ1n) is 15.1. The van der Waals surface area contributed by atoms with Crippen molar-refractivity contribution in [2.45, 2.75) is 95.3 Å². The Labute approximate surface area is 233 Å². The summed E-state index contributed by atoms with van der Waals surface area (Å²) < 4.78 is 1.88. The molecular weight excluding hydrogens is 504 g/mol. The summed E-state index contributed by atoms with van der Waals surface area (Å²) in [5.74, 6) is 1.42. The number of aromatic carboxylic acids is 1. The molecule has 8 heteroatoms. The zero-order valence-corrected chi connectivity index (χ0v) is 23.1. The van der Waals surface area contributed by atoms with Crippen molar-refractivity contribution in [3.63, 3.8) is 0 Å². The molecule has 8 nitrogen and oxygen atoms in total. The standard InChI is InChI=1S/C32H38N4O4/c1-18-9-19-11-20(10-18)13-24(12-19)35-22-5-4-6-23(35)16-25(15-22)36-28-8-3-2-7-27(28)34-29(31(36)38)26-14-21(32(39)40)17-33-30(26)37/h2-3,7-8,14,17-20,22-25H,4-6,9-13,15-16H2,1H3,(H,33,37)(H,39,40)/t18?,19-,20+,22-,23+,24?,25?. The van der Waals surface area contributed by atoms with E-state index in [0.717, 1.165) is 42.3 Å². The minimum absolute atomic E-state index is 0.00464. The molecule has 4 fully saturated rings. The molecule has 0 spiro atoms. The molecule has 2 saturated carbocycles. The number of aromatic nitrogens is 3. The van der Waals surface area contributed by atoms with Gasteiger partial charge in [0.25, 0.3) is 11.1 Å². The minimum atomic E-state index is -1.17. The molecule has 210 valence electrons. The summed E-state index contributed by atoms with van der Waals surface area (Å²) >= 11 is 0. The second-order valence-electron chi connectivity index (χ2n) is 13.0. The van der Waals surface area contributed by atoms with Crippen molar-refractivity contribution >= 4 is 17.0 Å². The van der Waals surface area contributed by atoms with Gasteiger partial charge in [-0.05, 0) is 93.7 Å². The van der Waals surface area contributed by atoms with Gasteiger partial charge in [0.1, 0.15) is 5.69 Å². The summed E-state index contributed by atoms with van der Waals surface area (Å²) in [4.78, 5) is 48.6. The predicted molar refractivity (Wildman–Crippen MR) is 154 cm³/mol. The lowest BCUT2D eigenvalue weighted by Crippen LogP contribution is -2.58. The normalized spacial score (nSPS) is 32.2. The number of hydrogen-bond donors (Lipinski definition) is 2. The number of para-hydroxylation sites is 2. The lowest BCUT2D eigenvalue weighted by atomic mass is 9.65. The van der Waals surface area contributed by atoms with Crippen LogP contribution < -0.4 is 11.1 Å². The Hall–Kier alpha value is -3.26. The highest BCUT2D eigenvalue weighted by molar-refractivity contribution is 5.89. The smallest absolute Gasteiger partial charge is 0.337 e. The van der Waals surface area contributed by atoms with Crippen LogP contribution in [0.4, 0.5) is 0 Å². The van der Waals surface area contributed by atoms with Crippen LogP contribution in [-0.4, -0.2) is 48.6 Å². The van der Waals surface area contributed by atoms with E-state index in [4.69, 9.17) is 0 Å². The summed E-state index contributed by atoms with van der Waals surface area (Å²) in [5.41, 5.74) is 0.531. The highest BCUT2D eigenvalue weighted by Gasteiger charge is 2.46. The zero-order valence-electron chi connectivity index (χ0n) is 23.1. The lowest BCUT2D eigenvalue weighted by Gasteiger charge is -2.55. The minimum Gasteiger partial charge on any atom is -0.478 e. The van der Waals surface area contributed by atoms with Crippen LogP contribution in [0.3, 0.4) is 0 Å². The third kappa shape index (κ3) is 4.41. The largest absolute Gasteiger partial charge is 0.478 e. The third-order valence-corrected chi connectivity index (χ3v) is 10.3. The molecule has 7 rings (SSSR count). The van der Waals surface area contributed by atoms with Crippen molar-refractivity contribution in [3.8, 4) is 11.3 Å². The molecule has 2 aromatic heterocycles. The number of fused-ring (bicyclic) bond motifs is 5. The molecule has 2 aliphatic heterocycles. The van der Waals surface area contributed by atoms with Gasteiger partial charge in [0.05, 0.1) is 22.2 Å². The van der Waals surface area contributed by atoms with Gasteiger partial charge in [-0.15, -0.1) is 0 Å². The van der Waals surface area contributed by atoms with Gasteiger partial charge in [-0.1, -0.05) is 25.5 Å². The molecule has 4 heterocycles. The van der Waals surface area contributed by atoms with E-state index in [2.05, 4.69) is 21.8 Å². The van der Waals surface area contributed by atoms with E-state index in [1.54, 1.807) is 0 Å². The van der Waals surface area contributed by atoms with Gasteiger partial charge in [-0.2, -0.15) is 0 Å². The maximum atomic E-state index is 14.2. The summed E-state index contributed by atoms with van der Waals surface area (Å²) in [5, 5.41) is 9.51. The molecule has 4 aliphatic rings. The molecule has 40 heavy (non-hydrogen) atoms. The number of aromatic amines is 1. The van der Waals surface area contributed by atoms with Crippen LogP contribution >= 0.6 is 0 Å². The van der Waals surface area contributed by atoms with Crippen LogP contribution in [0.2, 0.25) is 0 Å². The van der Waals surface area contributed by atoms with E-state index < -0.39 is 11.5 Å². The molecule has 3 unspecified atom stereocenters. The maximum absolute atomic E-state index is 14.2. The van der Waals surface area contributed by atoms with E-state index in [-0.39, 0.29) is 28.4 Å². The highest BCUT2D eigenvalue weighted by Crippen LogP contribution is 2.48. The molecule has 2 N–H and O–H groups in total. The Morgan fingerprint density at radius 3 is 2.33 bits per heavy atom. The molecule has 0 amide bonds. The molecule has 0 radical (unpaired) electrons. The van der Waals surface area contributed by atoms with E-state index in [1.807, 2.05) is 28.8 Å². The quantitative estimate of drug-likeness (QED) is 0.468. The van der Waals surface area contributed by atoms with Crippen LogP contribution in [0, 0.1) is 17.8 Å². The van der Waals surface area contributed by atoms with Crippen molar-refractivity contribution in [2.75, 3.05) is 0 Å². The van der Waals surface area contributed by atoms with Crippen molar-refractivity contribution < 1.29 is 9.90 Å². The van der Waals surface area contributed by atoms with Gasteiger partial charge in [-0.3, -0.25) is 14.5 Å². The Kier molecular flexibility index (Phi) is 6.41. The van der Waals surface area contributed by atoms with Crippen molar-refractivity contribution in [3.05, 3.63) is 62.8 Å². The van der Waals surface area contributed by atoms with Crippen LogP contribution in [0.5, 0.6) is 0 Å².